The smallest absolute Gasteiger partial charge is 0.170 e. The number of hydrogen-bond acceptors (Lipinski definition) is 4. The standard InChI is InChI=1S/C49H33N3O/c1-3-10-32(11-4-1)34-18-20-35(21-19-34)36-22-25-38(26-23-36)48-50-47(37-13-5-2-6-14-37)51-49(52-48)42-16-9-17-45-46(42)43-31-41(28-29-44(43)53-45)40-27-24-33-12-7-8-15-39(33)30-40/h1-31,49H,(H,50,51,52). The highest BCUT2D eigenvalue weighted by molar-refractivity contribution is 6.16. The summed E-state index contributed by atoms with van der Waals surface area (Å²) in [6.07, 6.45) is -0.486. The molecule has 1 atom stereocenters. The minimum Gasteiger partial charge on any atom is -0.456 e. The molecule has 9 aromatic rings. The fourth-order valence-electron chi connectivity index (χ4n) is 7.40. The Morgan fingerprint density at radius 3 is 1.57 bits per heavy atom. The van der Waals surface area contributed by atoms with E-state index in [2.05, 4.69) is 157 Å². The first-order valence-electron chi connectivity index (χ1n) is 17.9. The normalized spacial score (nSPS) is 14.2. The Hall–Kier alpha value is -7.04. The number of amidine groups is 2. The Balaban J connectivity index is 1.04. The molecule has 0 bridgehead atoms. The average molecular weight is 680 g/mol. The van der Waals surface area contributed by atoms with E-state index in [1.165, 1.54) is 33.0 Å². The van der Waals surface area contributed by atoms with Crippen molar-refractivity contribution in [1.82, 2.24) is 5.32 Å². The monoisotopic (exact) mass is 679 g/mol. The molecule has 4 nitrogen and oxygen atoms in total. The van der Waals surface area contributed by atoms with Crippen molar-refractivity contribution in [2.45, 2.75) is 6.17 Å². The molecule has 8 aromatic carbocycles. The second-order valence-corrected chi connectivity index (χ2v) is 13.4. The second kappa shape index (κ2) is 12.9. The van der Waals surface area contributed by atoms with Crippen molar-refractivity contribution in [3.05, 3.63) is 205 Å². The molecule has 0 spiro atoms. The second-order valence-electron chi connectivity index (χ2n) is 13.4. The van der Waals surface area contributed by atoms with Crippen LogP contribution in [-0.2, 0) is 0 Å². The van der Waals surface area contributed by atoms with Crippen LogP contribution >= 0.6 is 0 Å². The predicted molar refractivity (Wildman–Crippen MR) is 219 cm³/mol. The van der Waals surface area contributed by atoms with Gasteiger partial charge >= 0.3 is 0 Å². The Morgan fingerprint density at radius 1 is 0.377 bits per heavy atom. The first-order valence-corrected chi connectivity index (χ1v) is 17.9. The fraction of sp³-hybridized carbons (Fsp3) is 0.0204. The number of furan rings is 1. The Morgan fingerprint density at radius 2 is 0.887 bits per heavy atom. The lowest BCUT2D eigenvalue weighted by molar-refractivity contribution is 0.667. The molecule has 1 aliphatic heterocycles. The molecule has 1 aromatic heterocycles. The lowest BCUT2D eigenvalue weighted by Gasteiger charge is -2.23. The highest BCUT2D eigenvalue weighted by Gasteiger charge is 2.24. The van der Waals surface area contributed by atoms with Gasteiger partial charge in [0.1, 0.15) is 22.8 Å². The van der Waals surface area contributed by atoms with E-state index in [1.807, 2.05) is 36.4 Å². The van der Waals surface area contributed by atoms with Crippen LogP contribution in [0.2, 0.25) is 0 Å². The van der Waals surface area contributed by atoms with E-state index in [-0.39, 0.29) is 0 Å². The molecule has 0 saturated heterocycles. The zero-order chi connectivity index (χ0) is 35.1. The average Bonchev–Trinajstić information content (AvgIpc) is 3.62. The molecular formula is C49H33N3O. The van der Waals surface area contributed by atoms with E-state index in [9.17, 15) is 0 Å². The third kappa shape index (κ3) is 5.77. The molecule has 53 heavy (non-hydrogen) atoms. The third-order valence-electron chi connectivity index (χ3n) is 10.2. The molecule has 0 radical (unpaired) electrons. The van der Waals surface area contributed by atoms with E-state index in [0.717, 1.165) is 61.4 Å². The van der Waals surface area contributed by atoms with Crippen molar-refractivity contribution in [3.63, 3.8) is 0 Å². The summed E-state index contributed by atoms with van der Waals surface area (Å²) in [7, 11) is 0. The van der Waals surface area contributed by atoms with Gasteiger partial charge in [0.2, 0.25) is 0 Å². The van der Waals surface area contributed by atoms with Crippen molar-refractivity contribution in [3.8, 4) is 33.4 Å². The minimum absolute atomic E-state index is 0.486. The van der Waals surface area contributed by atoms with Crippen LogP contribution in [0.4, 0.5) is 0 Å². The summed E-state index contributed by atoms with van der Waals surface area (Å²) in [5, 5.41) is 8.10. The number of benzene rings is 8. The van der Waals surface area contributed by atoms with Crippen LogP contribution in [0.3, 0.4) is 0 Å². The van der Waals surface area contributed by atoms with Crippen molar-refractivity contribution >= 4 is 44.4 Å². The summed E-state index contributed by atoms with van der Waals surface area (Å²) in [6, 6.07) is 65.9. The van der Waals surface area contributed by atoms with Gasteiger partial charge < -0.3 is 9.73 Å². The molecular weight excluding hydrogens is 647 g/mol. The minimum atomic E-state index is -0.486. The van der Waals surface area contributed by atoms with Crippen LogP contribution in [0.15, 0.2) is 202 Å². The molecule has 2 heterocycles. The number of rotatable bonds is 6. The van der Waals surface area contributed by atoms with Crippen molar-refractivity contribution in [2.24, 2.45) is 9.98 Å². The SMILES string of the molecule is c1ccc(C2=NC(c3cccc4oc5ccc(-c6ccc7ccccc7c6)cc5c34)N=C(c3ccc(-c4ccc(-c5ccccc5)cc4)cc3)N2)cc1. The highest BCUT2D eigenvalue weighted by atomic mass is 16.3. The largest absolute Gasteiger partial charge is 0.456 e. The maximum Gasteiger partial charge on any atom is 0.170 e. The molecule has 1 aliphatic rings. The number of nitrogens with zero attached hydrogens (tertiary/aromatic N) is 2. The maximum atomic E-state index is 6.44. The van der Waals surface area contributed by atoms with E-state index in [0.29, 0.717) is 0 Å². The molecule has 4 heteroatoms. The summed E-state index contributed by atoms with van der Waals surface area (Å²) in [5.41, 5.74) is 11.7. The van der Waals surface area contributed by atoms with Crippen molar-refractivity contribution < 1.29 is 4.42 Å². The lowest BCUT2D eigenvalue weighted by atomic mass is 9.98. The van der Waals surface area contributed by atoms with Gasteiger partial charge in [0, 0.05) is 27.5 Å². The summed E-state index contributed by atoms with van der Waals surface area (Å²) in [4.78, 5) is 10.5. The summed E-state index contributed by atoms with van der Waals surface area (Å²) in [6.45, 7) is 0. The Labute approximate surface area is 307 Å². The molecule has 1 unspecified atom stereocenters. The van der Waals surface area contributed by atoms with Gasteiger partial charge in [0.15, 0.2) is 6.17 Å². The van der Waals surface area contributed by atoms with Crippen LogP contribution in [0.1, 0.15) is 22.9 Å². The van der Waals surface area contributed by atoms with Crippen LogP contribution in [0.5, 0.6) is 0 Å². The van der Waals surface area contributed by atoms with Crippen molar-refractivity contribution in [1.29, 1.82) is 0 Å². The van der Waals surface area contributed by atoms with Crippen LogP contribution < -0.4 is 5.32 Å². The molecule has 10 rings (SSSR count). The van der Waals surface area contributed by atoms with Gasteiger partial charge in [-0.05, 0) is 68.4 Å². The van der Waals surface area contributed by atoms with Crippen LogP contribution in [-0.4, -0.2) is 11.7 Å². The highest BCUT2D eigenvalue weighted by Crippen LogP contribution is 2.39. The van der Waals surface area contributed by atoms with Gasteiger partial charge in [-0.3, -0.25) is 0 Å². The molecule has 0 aliphatic carbocycles. The third-order valence-corrected chi connectivity index (χ3v) is 10.2. The van der Waals surface area contributed by atoms with Gasteiger partial charge in [-0.2, -0.15) is 0 Å². The Bertz CT molecular complexity index is 2830. The number of nitrogens with one attached hydrogen (secondary N) is 1. The van der Waals surface area contributed by atoms with Gasteiger partial charge in [0.25, 0.3) is 0 Å². The van der Waals surface area contributed by atoms with E-state index in [1.54, 1.807) is 0 Å². The van der Waals surface area contributed by atoms with Gasteiger partial charge in [0.05, 0.1) is 0 Å². The first-order chi connectivity index (χ1) is 26.2. The zero-order valence-corrected chi connectivity index (χ0v) is 28.8. The van der Waals surface area contributed by atoms with Crippen LogP contribution in [0.25, 0.3) is 66.1 Å². The molecule has 0 fully saturated rings. The van der Waals surface area contributed by atoms with Gasteiger partial charge in [-0.15, -0.1) is 0 Å². The van der Waals surface area contributed by atoms with E-state index >= 15 is 0 Å². The summed E-state index contributed by atoms with van der Waals surface area (Å²) < 4.78 is 6.44. The Kier molecular flexibility index (Phi) is 7.51. The number of fused-ring (bicyclic) bond motifs is 4. The van der Waals surface area contributed by atoms with Gasteiger partial charge in [-0.25, -0.2) is 9.98 Å². The summed E-state index contributed by atoms with van der Waals surface area (Å²) >= 11 is 0. The lowest BCUT2D eigenvalue weighted by Crippen LogP contribution is -2.36. The van der Waals surface area contributed by atoms with E-state index in [4.69, 9.17) is 14.4 Å². The zero-order valence-electron chi connectivity index (χ0n) is 28.8. The number of aliphatic imine (C=N–C) groups is 2. The fourth-order valence-corrected chi connectivity index (χ4v) is 7.40. The summed E-state index contributed by atoms with van der Waals surface area (Å²) in [5.74, 6) is 1.55. The number of hydrogen-bond donors (Lipinski definition) is 1. The molecule has 0 saturated carbocycles. The van der Waals surface area contributed by atoms with Gasteiger partial charge in [-0.1, -0.05) is 164 Å². The topological polar surface area (TPSA) is 49.9 Å². The molecule has 0 amide bonds. The quantitative estimate of drug-likeness (QED) is 0.190. The maximum absolute atomic E-state index is 6.44. The molecule has 1 N–H and O–H groups in total. The van der Waals surface area contributed by atoms with Crippen molar-refractivity contribution in [2.75, 3.05) is 0 Å². The first kappa shape index (κ1) is 30.8. The predicted octanol–water partition coefficient (Wildman–Crippen LogP) is 12.2. The van der Waals surface area contributed by atoms with Crippen LogP contribution in [0, 0.1) is 0 Å². The molecule has 250 valence electrons. The van der Waals surface area contributed by atoms with E-state index < -0.39 is 6.17 Å².